The van der Waals surface area contributed by atoms with Crippen molar-refractivity contribution in [2.24, 2.45) is 0 Å². The molecule has 0 amide bonds. The summed E-state index contributed by atoms with van der Waals surface area (Å²) in [7, 11) is 0. The Morgan fingerprint density at radius 2 is 1.44 bits per heavy atom. The fourth-order valence-corrected chi connectivity index (χ4v) is 1.92. The number of aryl methyl sites for hydroxylation is 2. The zero-order valence-corrected chi connectivity index (χ0v) is 9.42. The van der Waals surface area contributed by atoms with Crippen molar-refractivity contribution in [3.8, 4) is 11.1 Å². The van der Waals surface area contributed by atoms with Gasteiger partial charge in [-0.25, -0.2) is 4.39 Å². The molecule has 0 spiro atoms. The molecule has 2 aromatic rings. The Morgan fingerprint density at radius 1 is 0.875 bits per heavy atom. The molecule has 0 fully saturated rings. The van der Waals surface area contributed by atoms with E-state index in [1.165, 1.54) is 6.07 Å². The number of nitrogens with two attached hydrogens (primary N) is 1. The zero-order valence-electron chi connectivity index (χ0n) is 9.42. The molecule has 0 aliphatic rings. The predicted octanol–water partition coefficient (Wildman–Crippen LogP) is 3.69. The fourth-order valence-electron chi connectivity index (χ4n) is 1.92. The Balaban J connectivity index is 2.59. The lowest BCUT2D eigenvalue weighted by Crippen LogP contribution is -1.91. The van der Waals surface area contributed by atoms with Gasteiger partial charge in [-0.05, 0) is 60.4 Å². The van der Waals surface area contributed by atoms with Gasteiger partial charge in [0, 0.05) is 5.69 Å². The molecule has 2 heteroatoms. The summed E-state index contributed by atoms with van der Waals surface area (Å²) in [6.07, 6.45) is 0. The number of benzene rings is 2. The van der Waals surface area contributed by atoms with Crippen molar-refractivity contribution in [1.29, 1.82) is 0 Å². The molecule has 16 heavy (non-hydrogen) atoms. The summed E-state index contributed by atoms with van der Waals surface area (Å²) >= 11 is 0. The van der Waals surface area contributed by atoms with Crippen molar-refractivity contribution in [2.45, 2.75) is 13.8 Å². The van der Waals surface area contributed by atoms with E-state index in [4.69, 9.17) is 5.73 Å². The van der Waals surface area contributed by atoms with Gasteiger partial charge in [-0.3, -0.25) is 0 Å². The number of halogens is 1. The van der Waals surface area contributed by atoms with Crippen molar-refractivity contribution < 1.29 is 4.39 Å². The van der Waals surface area contributed by atoms with Crippen molar-refractivity contribution in [1.82, 2.24) is 0 Å². The third-order valence-corrected chi connectivity index (χ3v) is 2.73. The second kappa shape index (κ2) is 3.97. The Morgan fingerprint density at radius 3 is 2.00 bits per heavy atom. The molecule has 0 atom stereocenters. The zero-order chi connectivity index (χ0) is 11.7. The summed E-state index contributed by atoms with van der Waals surface area (Å²) in [4.78, 5) is 0. The Hall–Kier alpha value is -1.83. The maximum absolute atomic E-state index is 13.0. The van der Waals surface area contributed by atoms with Crippen molar-refractivity contribution in [3.63, 3.8) is 0 Å². The fraction of sp³-hybridized carbons (Fsp3) is 0.143. The largest absolute Gasteiger partial charge is 0.399 e. The lowest BCUT2D eigenvalue weighted by atomic mass is 9.96. The first-order chi connectivity index (χ1) is 7.58. The van der Waals surface area contributed by atoms with E-state index < -0.39 is 0 Å². The smallest absolute Gasteiger partial charge is 0.123 e. The molecule has 0 unspecified atom stereocenters. The highest BCUT2D eigenvalue weighted by atomic mass is 19.1. The van der Waals surface area contributed by atoms with Crippen molar-refractivity contribution in [2.75, 3.05) is 5.73 Å². The highest BCUT2D eigenvalue weighted by Crippen LogP contribution is 2.28. The summed E-state index contributed by atoms with van der Waals surface area (Å²) < 4.78 is 13.0. The molecule has 1 nitrogen and oxygen atoms in total. The number of nitrogen functional groups attached to an aromatic ring is 1. The van der Waals surface area contributed by atoms with Gasteiger partial charge in [-0.2, -0.15) is 0 Å². The molecular formula is C14H14FN. The summed E-state index contributed by atoms with van der Waals surface area (Å²) in [5.41, 5.74) is 10.7. The number of rotatable bonds is 1. The van der Waals surface area contributed by atoms with E-state index in [9.17, 15) is 4.39 Å². The first-order valence-electron chi connectivity index (χ1n) is 5.20. The predicted molar refractivity (Wildman–Crippen MR) is 65.7 cm³/mol. The summed E-state index contributed by atoms with van der Waals surface area (Å²) in [6, 6.07) is 10.6. The lowest BCUT2D eigenvalue weighted by molar-refractivity contribution is 0.627. The van der Waals surface area contributed by atoms with E-state index in [1.54, 1.807) is 6.07 Å². The van der Waals surface area contributed by atoms with Gasteiger partial charge in [0.1, 0.15) is 5.82 Å². The Labute approximate surface area is 94.7 Å². The van der Waals surface area contributed by atoms with Crippen LogP contribution in [0.1, 0.15) is 11.1 Å². The normalized spacial score (nSPS) is 10.4. The Kier molecular flexibility index (Phi) is 2.65. The van der Waals surface area contributed by atoms with Crippen LogP contribution in [-0.2, 0) is 0 Å². The quantitative estimate of drug-likeness (QED) is 0.721. The minimum Gasteiger partial charge on any atom is -0.399 e. The van der Waals surface area contributed by atoms with E-state index in [0.29, 0.717) is 0 Å². The van der Waals surface area contributed by atoms with Gasteiger partial charge < -0.3 is 5.73 Å². The molecule has 0 aliphatic carbocycles. The third kappa shape index (κ3) is 1.91. The van der Waals surface area contributed by atoms with Gasteiger partial charge in [-0.15, -0.1) is 0 Å². The highest BCUT2D eigenvalue weighted by Gasteiger charge is 2.05. The minimum atomic E-state index is -0.200. The van der Waals surface area contributed by atoms with Crippen LogP contribution < -0.4 is 5.73 Å². The second-order valence-corrected chi connectivity index (χ2v) is 4.03. The molecule has 0 bridgehead atoms. The van der Waals surface area contributed by atoms with Crippen molar-refractivity contribution >= 4 is 5.69 Å². The standard InChI is InChI=1S/C14H14FN/c1-9-7-11(15)3-5-13(9)14-6-4-12(16)8-10(14)2/h3-8H,16H2,1-2H3. The monoisotopic (exact) mass is 215 g/mol. The molecule has 0 saturated heterocycles. The van der Waals surface area contributed by atoms with E-state index in [0.717, 1.165) is 27.9 Å². The second-order valence-electron chi connectivity index (χ2n) is 4.03. The molecule has 0 aliphatic heterocycles. The van der Waals surface area contributed by atoms with Gasteiger partial charge in [0.15, 0.2) is 0 Å². The van der Waals surface area contributed by atoms with Crippen LogP contribution in [-0.4, -0.2) is 0 Å². The molecule has 0 radical (unpaired) electrons. The first-order valence-corrected chi connectivity index (χ1v) is 5.20. The summed E-state index contributed by atoms with van der Waals surface area (Å²) in [6.45, 7) is 3.92. The minimum absolute atomic E-state index is 0.200. The molecule has 0 aromatic heterocycles. The maximum Gasteiger partial charge on any atom is 0.123 e. The van der Waals surface area contributed by atoms with Crippen LogP contribution in [0, 0.1) is 19.7 Å². The molecular weight excluding hydrogens is 201 g/mol. The van der Waals surface area contributed by atoms with E-state index in [1.807, 2.05) is 38.1 Å². The van der Waals surface area contributed by atoms with Crippen LogP contribution in [0.3, 0.4) is 0 Å². The number of hydrogen-bond acceptors (Lipinski definition) is 1. The van der Waals surface area contributed by atoms with Crippen LogP contribution in [0.4, 0.5) is 10.1 Å². The molecule has 2 rings (SSSR count). The topological polar surface area (TPSA) is 26.0 Å². The molecule has 0 heterocycles. The average Bonchev–Trinajstić information content (AvgIpc) is 2.19. The maximum atomic E-state index is 13.0. The molecule has 82 valence electrons. The van der Waals surface area contributed by atoms with Gasteiger partial charge in [0.2, 0.25) is 0 Å². The van der Waals surface area contributed by atoms with E-state index >= 15 is 0 Å². The number of hydrogen-bond donors (Lipinski definition) is 1. The number of anilines is 1. The van der Waals surface area contributed by atoms with E-state index in [-0.39, 0.29) is 5.82 Å². The molecule has 0 saturated carbocycles. The molecule has 2 aromatic carbocycles. The van der Waals surface area contributed by atoms with Gasteiger partial charge >= 0.3 is 0 Å². The van der Waals surface area contributed by atoms with Crippen LogP contribution in [0.2, 0.25) is 0 Å². The van der Waals surface area contributed by atoms with Crippen LogP contribution in [0.15, 0.2) is 36.4 Å². The first kappa shape index (κ1) is 10.7. The lowest BCUT2D eigenvalue weighted by Gasteiger charge is -2.10. The van der Waals surface area contributed by atoms with Crippen LogP contribution in [0.5, 0.6) is 0 Å². The van der Waals surface area contributed by atoms with Gasteiger partial charge in [0.05, 0.1) is 0 Å². The van der Waals surface area contributed by atoms with Gasteiger partial charge in [0.25, 0.3) is 0 Å². The van der Waals surface area contributed by atoms with E-state index in [2.05, 4.69) is 0 Å². The summed E-state index contributed by atoms with van der Waals surface area (Å²) in [5, 5.41) is 0. The summed E-state index contributed by atoms with van der Waals surface area (Å²) in [5.74, 6) is -0.200. The molecule has 2 N–H and O–H groups in total. The van der Waals surface area contributed by atoms with Gasteiger partial charge in [-0.1, -0.05) is 12.1 Å². The van der Waals surface area contributed by atoms with Crippen molar-refractivity contribution in [3.05, 3.63) is 53.3 Å². The SMILES string of the molecule is Cc1cc(N)ccc1-c1ccc(F)cc1C. The van der Waals surface area contributed by atoms with Crippen LogP contribution in [0.25, 0.3) is 11.1 Å². The highest BCUT2D eigenvalue weighted by molar-refractivity contribution is 5.72. The third-order valence-electron chi connectivity index (χ3n) is 2.73. The average molecular weight is 215 g/mol. The Bertz CT molecular complexity index is 483. The van der Waals surface area contributed by atoms with Crippen LogP contribution >= 0.6 is 0 Å².